The second-order valence-corrected chi connectivity index (χ2v) is 3.33. The zero-order valence-corrected chi connectivity index (χ0v) is 8.67. The number of imidazole rings is 1. The first kappa shape index (κ1) is 9.92. The molecule has 2 aromatic rings. The molecule has 15 heavy (non-hydrogen) atoms. The summed E-state index contributed by atoms with van der Waals surface area (Å²) in [6.07, 6.45) is 7.39. The molecule has 0 aromatic carbocycles. The van der Waals surface area contributed by atoms with Crippen molar-refractivity contribution in [2.24, 2.45) is 0 Å². The summed E-state index contributed by atoms with van der Waals surface area (Å²) in [6.45, 7) is 3.59. The Morgan fingerprint density at radius 1 is 1.47 bits per heavy atom. The van der Waals surface area contributed by atoms with Gasteiger partial charge in [0, 0.05) is 30.7 Å². The highest BCUT2D eigenvalue weighted by Gasteiger charge is 2.03. The maximum absolute atomic E-state index is 9.03. The second kappa shape index (κ2) is 4.27. The number of aliphatic hydroxyl groups excluding tert-OH is 1. The van der Waals surface area contributed by atoms with E-state index in [1.807, 2.05) is 34.8 Å². The summed E-state index contributed by atoms with van der Waals surface area (Å²) in [5.74, 6) is 0.680. The van der Waals surface area contributed by atoms with Crippen molar-refractivity contribution in [1.82, 2.24) is 19.3 Å². The van der Waals surface area contributed by atoms with E-state index in [1.165, 1.54) is 0 Å². The molecule has 2 aromatic heterocycles. The van der Waals surface area contributed by atoms with Crippen molar-refractivity contribution in [3.8, 4) is 0 Å². The van der Waals surface area contributed by atoms with Crippen molar-refractivity contribution in [1.29, 1.82) is 0 Å². The van der Waals surface area contributed by atoms with Gasteiger partial charge in [-0.25, -0.2) is 4.98 Å². The van der Waals surface area contributed by atoms with Crippen LogP contribution in [0.5, 0.6) is 0 Å². The van der Waals surface area contributed by atoms with Crippen LogP contribution in [0, 0.1) is 0 Å². The van der Waals surface area contributed by atoms with Crippen LogP contribution in [0.4, 0.5) is 0 Å². The van der Waals surface area contributed by atoms with Crippen LogP contribution in [0.3, 0.4) is 0 Å². The fourth-order valence-corrected chi connectivity index (χ4v) is 1.49. The van der Waals surface area contributed by atoms with Crippen LogP contribution in [0.2, 0.25) is 0 Å². The topological polar surface area (TPSA) is 55.9 Å². The number of nitrogens with zero attached hydrogens (tertiary/aromatic N) is 4. The number of aliphatic hydroxyl groups is 1. The molecule has 0 spiro atoms. The zero-order valence-electron chi connectivity index (χ0n) is 8.67. The van der Waals surface area contributed by atoms with Gasteiger partial charge in [0.05, 0.1) is 12.7 Å². The van der Waals surface area contributed by atoms with Gasteiger partial charge in [-0.05, 0) is 6.92 Å². The van der Waals surface area contributed by atoms with Gasteiger partial charge in [0.25, 0.3) is 0 Å². The summed E-state index contributed by atoms with van der Waals surface area (Å²) in [4.78, 5) is 4.04. The van der Waals surface area contributed by atoms with Gasteiger partial charge >= 0.3 is 0 Å². The largest absolute Gasteiger partial charge is 0.388 e. The molecule has 0 bridgehead atoms. The summed E-state index contributed by atoms with van der Waals surface area (Å²) < 4.78 is 3.79. The lowest BCUT2D eigenvalue weighted by Gasteiger charge is -2.03. The van der Waals surface area contributed by atoms with Gasteiger partial charge in [-0.1, -0.05) is 0 Å². The molecule has 0 saturated carbocycles. The van der Waals surface area contributed by atoms with Crippen molar-refractivity contribution in [3.05, 3.63) is 36.2 Å². The lowest BCUT2D eigenvalue weighted by molar-refractivity contribution is 0.266. The Hall–Kier alpha value is -1.62. The highest BCUT2D eigenvalue weighted by Crippen LogP contribution is 2.04. The minimum atomic E-state index is -0.0328. The molecule has 5 nitrogen and oxygen atoms in total. The predicted molar refractivity (Wildman–Crippen MR) is 55.2 cm³/mol. The normalized spacial score (nSPS) is 10.8. The Bertz CT molecular complexity index is 432. The monoisotopic (exact) mass is 206 g/mol. The Morgan fingerprint density at radius 3 is 3.00 bits per heavy atom. The third kappa shape index (κ3) is 2.07. The third-order valence-electron chi connectivity index (χ3n) is 2.31. The molecule has 0 fully saturated rings. The van der Waals surface area contributed by atoms with E-state index in [-0.39, 0.29) is 6.61 Å². The molecule has 0 unspecified atom stereocenters. The van der Waals surface area contributed by atoms with Gasteiger partial charge in [0.2, 0.25) is 0 Å². The van der Waals surface area contributed by atoms with E-state index in [4.69, 9.17) is 5.11 Å². The molecule has 5 heteroatoms. The van der Waals surface area contributed by atoms with Crippen LogP contribution in [0.25, 0.3) is 0 Å². The Labute approximate surface area is 88.0 Å². The summed E-state index contributed by atoms with van der Waals surface area (Å²) in [7, 11) is 0. The van der Waals surface area contributed by atoms with Crippen molar-refractivity contribution in [3.63, 3.8) is 0 Å². The SMILES string of the molecule is CCn1cc(Cn2ccnc2CO)cn1. The molecular formula is C10H14N4O. The maximum atomic E-state index is 9.03. The van der Waals surface area contributed by atoms with Crippen LogP contribution in [-0.4, -0.2) is 24.4 Å². The molecule has 0 atom stereocenters. The van der Waals surface area contributed by atoms with Crippen LogP contribution in [-0.2, 0) is 19.7 Å². The third-order valence-corrected chi connectivity index (χ3v) is 2.31. The first-order chi connectivity index (χ1) is 7.33. The quantitative estimate of drug-likeness (QED) is 0.798. The minimum absolute atomic E-state index is 0.0328. The average Bonchev–Trinajstić information content (AvgIpc) is 2.87. The minimum Gasteiger partial charge on any atom is -0.388 e. The van der Waals surface area contributed by atoms with Crippen LogP contribution in [0.15, 0.2) is 24.8 Å². The lowest BCUT2D eigenvalue weighted by Crippen LogP contribution is -2.03. The standard InChI is InChI=1S/C10H14N4O/c1-2-14-7-9(5-12-14)6-13-4-3-11-10(13)8-15/h3-5,7,15H,2,6,8H2,1H3. The van der Waals surface area contributed by atoms with Crippen molar-refractivity contribution in [2.75, 3.05) is 0 Å². The maximum Gasteiger partial charge on any atom is 0.134 e. The molecule has 80 valence electrons. The van der Waals surface area contributed by atoms with Crippen molar-refractivity contribution >= 4 is 0 Å². The van der Waals surface area contributed by atoms with E-state index >= 15 is 0 Å². The summed E-state index contributed by atoms with van der Waals surface area (Å²) in [6, 6.07) is 0. The Morgan fingerprint density at radius 2 is 2.33 bits per heavy atom. The van der Waals surface area contributed by atoms with Gasteiger partial charge in [-0.2, -0.15) is 5.10 Å². The molecule has 0 amide bonds. The molecule has 1 N–H and O–H groups in total. The van der Waals surface area contributed by atoms with Crippen molar-refractivity contribution < 1.29 is 5.11 Å². The highest BCUT2D eigenvalue weighted by atomic mass is 16.3. The number of rotatable bonds is 4. The Kier molecular flexibility index (Phi) is 2.82. The number of aryl methyl sites for hydroxylation is 1. The summed E-state index contributed by atoms with van der Waals surface area (Å²) in [5.41, 5.74) is 1.12. The zero-order chi connectivity index (χ0) is 10.7. The smallest absolute Gasteiger partial charge is 0.134 e. The van der Waals surface area contributed by atoms with E-state index in [0.29, 0.717) is 12.4 Å². The molecule has 0 aliphatic rings. The fourth-order valence-electron chi connectivity index (χ4n) is 1.49. The van der Waals surface area contributed by atoms with E-state index < -0.39 is 0 Å². The number of hydrogen-bond acceptors (Lipinski definition) is 3. The van der Waals surface area contributed by atoms with Gasteiger partial charge in [-0.15, -0.1) is 0 Å². The van der Waals surface area contributed by atoms with Crippen molar-refractivity contribution in [2.45, 2.75) is 26.6 Å². The summed E-state index contributed by atoms with van der Waals surface area (Å²) >= 11 is 0. The average molecular weight is 206 g/mol. The lowest BCUT2D eigenvalue weighted by atomic mass is 10.3. The molecule has 0 aliphatic carbocycles. The van der Waals surface area contributed by atoms with Gasteiger partial charge < -0.3 is 9.67 Å². The number of aromatic nitrogens is 4. The van der Waals surface area contributed by atoms with E-state index in [2.05, 4.69) is 10.1 Å². The molecule has 0 radical (unpaired) electrons. The fraction of sp³-hybridized carbons (Fsp3) is 0.400. The Balaban J connectivity index is 2.14. The van der Waals surface area contributed by atoms with Gasteiger partial charge in [0.15, 0.2) is 0 Å². The molecule has 2 rings (SSSR count). The first-order valence-corrected chi connectivity index (χ1v) is 4.95. The van der Waals surface area contributed by atoms with Crippen LogP contribution >= 0.6 is 0 Å². The predicted octanol–water partition coefficient (Wildman–Crippen LogP) is 0.640. The molecule has 0 aliphatic heterocycles. The van der Waals surface area contributed by atoms with E-state index in [1.54, 1.807) is 6.20 Å². The second-order valence-electron chi connectivity index (χ2n) is 3.33. The van der Waals surface area contributed by atoms with Crippen LogP contribution < -0.4 is 0 Å². The molecule has 2 heterocycles. The first-order valence-electron chi connectivity index (χ1n) is 4.95. The van der Waals surface area contributed by atoms with Gasteiger partial charge in [-0.3, -0.25) is 4.68 Å². The van der Waals surface area contributed by atoms with Gasteiger partial charge in [0.1, 0.15) is 12.4 Å². The number of hydrogen-bond donors (Lipinski definition) is 1. The van der Waals surface area contributed by atoms with E-state index in [0.717, 1.165) is 12.1 Å². The molecule has 0 saturated heterocycles. The van der Waals surface area contributed by atoms with Crippen LogP contribution in [0.1, 0.15) is 18.3 Å². The molecular weight excluding hydrogens is 192 g/mol. The highest BCUT2D eigenvalue weighted by molar-refractivity contribution is 5.06. The van der Waals surface area contributed by atoms with E-state index in [9.17, 15) is 0 Å². The summed E-state index contributed by atoms with van der Waals surface area (Å²) in [5, 5.41) is 13.2.